The van der Waals surface area contributed by atoms with Crippen molar-refractivity contribution in [2.45, 2.75) is 18.7 Å². The molecule has 0 saturated heterocycles. The van der Waals surface area contributed by atoms with E-state index in [1.807, 2.05) is 30.3 Å². The molecule has 0 aliphatic carbocycles. The van der Waals surface area contributed by atoms with E-state index in [0.717, 1.165) is 22.8 Å². The van der Waals surface area contributed by atoms with Crippen molar-refractivity contribution < 1.29 is 37.0 Å². The summed E-state index contributed by atoms with van der Waals surface area (Å²) >= 11 is 6.11. The third-order valence-corrected chi connectivity index (χ3v) is 6.85. The minimum atomic E-state index is -4.90. The fourth-order valence-corrected chi connectivity index (χ4v) is 4.64. The average Bonchev–Trinajstić information content (AvgIpc) is 3.45. The van der Waals surface area contributed by atoms with Crippen LogP contribution in [0.2, 0.25) is 5.02 Å². The highest BCUT2D eigenvalue weighted by Crippen LogP contribution is 2.39. The van der Waals surface area contributed by atoms with Gasteiger partial charge < -0.3 is 19.6 Å². The van der Waals surface area contributed by atoms with E-state index in [1.54, 1.807) is 60.7 Å². The number of furan rings is 1. The largest absolute Gasteiger partial charge is 0.478 e. The normalized spacial score (nSPS) is 12.0. The number of aliphatic carboxylic acids is 1. The molecular weight excluding hydrogens is 583 g/mol. The lowest BCUT2D eigenvalue weighted by atomic mass is 10.0. The van der Waals surface area contributed by atoms with Gasteiger partial charge in [-0.2, -0.15) is 13.2 Å². The van der Waals surface area contributed by atoms with Crippen LogP contribution in [0, 0.1) is 0 Å². The molecule has 0 saturated carbocycles. The Morgan fingerprint density at radius 1 is 0.860 bits per heavy atom. The Morgan fingerprint density at radius 2 is 1.47 bits per heavy atom. The van der Waals surface area contributed by atoms with Gasteiger partial charge in [-0.15, -0.1) is 0 Å². The van der Waals surface area contributed by atoms with Crippen molar-refractivity contribution in [2.24, 2.45) is 0 Å². The molecular formula is C33H23ClF3NO5. The molecule has 43 heavy (non-hydrogen) atoms. The number of benzene rings is 4. The number of ether oxygens (including phenoxy) is 1. The van der Waals surface area contributed by atoms with Gasteiger partial charge in [0.1, 0.15) is 11.5 Å². The number of carbonyl (C=O) groups excluding carboxylic acids is 1. The Bertz CT molecular complexity index is 1730. The molecule has 0 aliphatic heterocycles. The van der Waals surface area contributed by atoms with Crippen molar-refractivity contribution in [1.82, 2.24) is 0 Å². The summed E-state index contributed by atoms with van der Waals surface area (Å²) < 4.78 is 51.9. The second kappa shape index (κ2) is 12.5. The first kappa shape index (κ1) is 29.5. The Labute approximate surface area is 249 Å². The average molecular weight is 606 g/mol. The van der Waals surface area contributed by atoms with Gasteiger partial charge in [0.2, 0.25) is 5.76 Å². The van der Waals surface area contributed by atoms with Crippen molar-refractivity contribution >= 4 is 29.2 Å². The number of carbonyl (C=O) groups is 2. The summed E-state index contributed by atoms with van der Waals surface area (Å²) in [6.07, 6.45) is -5.77. The second-order valence-corrected chi connectivity index (χ2v) is 9.93. The maximum atomic E-state index is 13.7. The lowest BCUT2D eigenvalue weighted by Crippen LogP contribution is -2.29. The van der Waals surface area contributed by atoms with Crippen LogP contribution in [-0.4, -0.2) is 23.1 Å². The number of amides is 1. The summed E-state index contributed by atoms with van der Waals surface area (Å²) in [5.74, 6) is -3.29. The molecule has 0 bridgehead atoms. The first-order valence-corrected chi connectivity index (χ1v) is 13.4. The lowest BCUT2D eigenvalue weighted by Gasteiger charge is -2.15. The molecule has 2 N–H and O–H groups in total. The number of nitrogens with one attached hydrogen (secondary N) is 1. The van der Waals surface area contributed by atoms with Gasteiger partial charge in [-0.05, 0) is 59.2 Å². The maximum Gasteiger partial charge on any atom is 0.450 e. The summed E-state index contributed by atoms with van der Waals surface area (Å²) in [5, 5.41) is 12.3. The van der Waals surface area contributed by atoms with E-state index in [1.165, 1.54) is 12.1 Å². The van der Waals surface area contributed by atoms with E-state index in [9.17, 15) is 27.9 Å². The first-order valence-electron chi connectivity index (χ1n) is 13.0. The molecule has 1 atom stereocenters. The predicted octanol–water partition coefficient (Wildman–Crippen LogP) is 8.61. The predicted molar refractivity (Wildman–Crippen MR) is 156 cm³/mol. The van der Waals surface area contributed by atoms with Crippen LogP contribution in [0.5, 0.6) is 5.75 Å². The van der Waals surface area contributed by atoms with Crippen LogP contribution < -0.4 is 10.1 Å². The number of hydrogen-bond donors (Lipinski definition) is 2. The van der Waals surface area contributed by atoms with E-state index in [-0.39, 0.29) is 28.5 Å². The SMILES string of the molecule is O=C(Nc1ccc(-c2ccc(OC(Cc3ccccc3)C(=O)O)cc2)cc1)c1cc(-c2ccccc2Cl)oc1C(F)(F)F. The van der Waals surface area contributed by atoms with Crippen LogP contribution in [0.15, 0.2) is 114 Å². The molecule has 5 rings (SSSR count). The van der Waals surface area contributed by atoms with Gasteiger partial charge in [0, 0.05) is 17.7 Å². The van der Waals surface area contributed by atoms with E-state index in [4.69, 9.17) is 20.8 Å². The van der Waals surface area contributed by atoms with Crippen LogP contribution in [0.4, 0.5) is 18.9 Å². The minimum absolute atomic E-state index is 0.180. The number of rotatable bonds is 9. The van der Waals surface area contributed by atoms with Gasteiger partial charge in [-0.25, -0.2) is 4.79 Å². The van der Waals surface area contributed by atoms with Gasteiger partial charge in [-0.3, -0.25) is 4.79 Å². The van der Waals surface area contributed by atoms with Crippen molar-refractivity contribution in [3.63, 3.8) is 0 Å². The second-order valence-electron chi connectivity index (χ2n) is 9.52. The Kier molecular flexibility index (Phi) is 8.54. The molecule has 4 aromatic carbocycles. The molecule has 218 valence electrons. The lowest BCUT2D eigenvalue weighted by molar-refractivity contribution is -0.153. The zero-order valence-corrected chi connectivity index (χ0v) is 23.0. The van der Waals surface area contributed by atoms with Gasteiger partial charge >= 0.3 is 12.1 Å². The highest BCUT2D eigenvalue weighted by atomic mass is 35.5. The fraction of sp³-hybridized carbons (Fsp3) is 0.0909. The molecule has 6 nitrogen and oxygen atoms in total. The topological polar surface area (TPSA) is 88.8 Å². The van der Waals surface area contributed by atoms with Gasteiger partial charge in [0.05, 0.1) is 10.6 Å². The van der Waals surface area contributed by atoms with Gasteiger partial charge in [0.15, 0.2) is 6.10 Å². The van der Waals surface area contributed by atoms with Gasteiger partial charge in [-0.1, -0.05) is 78.3 Å². The summed E-state index contributed by atoms with van der Waals surface area (Å²) in [4.78, 5) is 24.6. The quantitative estimate of drug-likeness (QED) is 0.176. The van der Waals surface area contributed by atoms with Gasteiger partial charge in [0.25, 0.3) is 5.91 Å². The fourth-order valence-electron chi connectivity index (χ4n) is 4.41. The monoisotopic (exact) mass is 605 g/mol. The first-order chi connectivity index (χ1) is 20.6. The third-order valence-electron chi connectivity index (χ3n) is 6.52. The standard InChI is InChI=1S/C33H23ClF3NO5/c34-27-9-5-4-8-25(27)28-19-26(30(43-28)33(35,36)37)31(39)38-23-14-10-21(11-15-23)22-12-16-24(17-13-22)42-29(32(40)41)18-20-6-2-1-3-7-20/h1-17,19,29H,18H2,(H,38,39)(H,40,41). The molecule has 0 radical (unpaired) electrons. The molecule has 0 spiro atoms. The van der Waals surface area contributed by atoms with E-state index in [2.05, 4.69) is 5.32 Å². The zero-order valence-electron chi connectivity index (χ0n) is 22.3. The van der Waals surface area contributed by atoms with Crippen LogP contribution in [0.25, 0.3) is 22.5 Å². The number of carboxylic acid groups (broad SMARTS) is 1. The molecule has 0 fully saturated rings. The Hall–Kier alpha value is -5.02. The Morgan fingerprint density at radius 3 is 2.07 bits per heavy atom. The van der Waals surface area contributed by atoms with E-state index in [0.29, 0.717) is 5.75 Å². The minimum Gasteiger partial charge on any atom is -0.478 e. The molecule has 1 heterocycles. The maximum absolute atomic E-state index is 13.7. The summed E-state index contributed by atoms with van der Waals surface area (Å²) in [6.45, 7) is 0. The van der Waals surface area contributed by atoms with Crippen LogP contribution in [0.3, 0.4) is 0 Å². The molecule has 10 heteroatoms. The van der Waals surface area contributed by atoms with Crippen molar-refractivity contribution in [3.8, 4) is 28.2 Å². The molecule has 0 aliphatic rings. The summed E-state index contributed by atoms with van der Waals surface area (Å²) in [7, 11) is 0. The molecule has 5 aromatic rings. The zero-order chi connectivity index (χ0) is 30.6. The van der Waals surface area contributed by atoms with Crippen molar-refractivity contribution in [3.05, 3.63) is 131 Å². The molecule has 1 aromatic heterocycles. The van der Waals surface area contributed by atoms with E-state index >= 15 is 0 Å². The van der Waals surface area contributed by atoms with Crippen molar-refractivity contribution in [1.29, 1.82) is 0 Å². The van der Waals surface area contributed by atoms with Crippen LogP contribution >= 0.6 is 11.6 Å². The summed E-state index contributed by atoms with van der Waals surface area (Å²) in [6, 6.07) is 29.7. The summed E-state index contributed by atoms with van der Waals surface area (Å²) in [5.41, 5.74) is 2.19. The van der Waals surface area contributed by atoms with Crippen LogP contribution in [-0.2, 0) is 17.4 Å². The van der Waals surface area contributed by atoms with Crippen molar-refractivity contribution in [2.75, 3.05) is 5.32 Å². The molecule has 1 amide bonds. The smallest absolute Gasteiger partial charge is 0.450 e. The Balaban J connectivity index is 1.28. The number of alkyl halides is 3. The number of carboxylic acids is 1. The number of anilines is 1. The molecule has 1 unspecified atom stereocenters. The highest BCUT2D eigenvalue weighted by Gasteiger charge is 2.40. The third kappa shape index (κ3) is 7.07. The highest BCUT2D eigenvalue weighted by molar-refractivity contribution is 6.33. The number of hydrogen-bond acceptors (Lipinski definition) is 4. The van der Waals surface area contributed by atoms with E-state index < -0.39 is 35.5 Å². The number of halogens is 4. The van der Waals surface area contributed by atoms with Crippen LogP contribution in [0.1, 0.15) is 21.7 Å².